The molecule has 66 valence electrons. The molecule has 1 fully saturated rings. The van der Waals surface area contributed by atoms with E-state index in [9.17, 15) is 4.57 Å². The number of unbranched alkanes of at least 4 members (excludes halogenated alkanes) is 1. The summed E-state index contributed by atoms with van der Waals surface area (Å²) in [4.78, 5) is 17.9. The fourth-order valence-electron chi connectivity index (χ4n) is 1.34. The van der Waals surface area contributed by atoms with E-state index >= 15 is 0 Å². The fraction of sp³-hybridized carbons (Fsp3) is 1.00. The van der Waals surface area contributed by atoms with Gasteiger partial charge in [-0.1, -0.05) is 19.8 Å². The maximum atomic E-state index is 10.9. The van der Waals surface area contributed by atoms with E-state index in [1.807, 2.05) is 6.92 Å². The lowest BCUT2D eigenvalue weighted by Gasteiger charge is -2.15. The first-order chi connectivity index (χ1) is 5.02. The molecule has 0 unspecified atom stereocenters. The summed E-state index contributed by atoms with van der Waals surface area (Å²) in [5.74, 6) is 0. The van der Waals surface area contributed by atoms with Gasteiger partial charge in [0.25, 0.3) is 0 Å². The van der Waals surface area contributed by atoms with Gasteiger partial charge in [-0.25, -0.2) is 0 Å². The van der Waals surface area contributed by atoms with Crippen molar-refractivity contribution in [3.63, 3.8) is 0 Å². The van der Waals surface area contributed by atoms with Gasteiger partial charge in [0.1, 0.15) is 0 Å². The highest BCUT2D eigenvalue weighted by atomic mass is 31.2. The molecule has 3 nitrogen and oxygen atoms in total. The molecule has 0 amide bonds. The second-order valence-electron chi connectivity index (χ2n) is 3.37. The zero-order valence-corrected chi connectivity index (χ0v) is 7.68. The van der Waals surface area contributed by atoms with Crippen LogP contribution in [0.1, 0.15) is 39.0 Å². The van der Waals surface area contributed by atoms with Crippen molar-refractivity contribution in [2.45, 2.75) is 44.2 Å². The molecule has 4 heteroatoms. The summed E-state index contributed by atoms with van der Waals surface area (Å²) < 4.78 is 10.9. The highest BCUT2D eigenvalue weighted by Gasteiger charge is 2.55. The predicted molar refractivity (Wildman–Crippen MR) is 43.5 cm³/mol. The van der Waals surface area contributed by atoms with Gasteiger partial charge in [0.05, 0.1) is 5.16 Å². The lowest BCUT2D eigenvalue weighted by Crippen LogP contribution is -2.08. The minimum atomic E-state index is -3.79. The van der Waals surface area contributed by atoms with Crippen LogP contribution < -0.4 is 0 Å². The van der Waals surface area contributed by atoms with Crippen molar-refractivity contribution in [1.82, 2.24) is 0 Å². The third kappa shape index (κ3) is 1.84. The maximum absolute atomic E-state index is 10.9. The van der Waals surface area contributed by atoms with E-state index in [0.717, 1.165) is 25.7 Å². The van der Waals surface area contributed by atoms with E-state index in [1.165, 1.54) is 0 Å². The molecule has 0 heterocycles. The van der Waals surface area contributed by atoms with Gasteiger partial charge in [0.2, 0.25) is 0 Å². The summed E-state index contributed by atoms with van der Waals surface area (Å²) in [6, 6.07) is 0. The summed E-state index contributed by atoms with van der Waals surface area (Å²) in [6.07, 6.45) is 4.09. The molecule has 2 N–H and O–H groups in total. The quantitative estimate of drug-likeness (QED) is 0.646. The highest BCUT2D eigenvalue weighted by Crippen LogP contribution is 2.67. The average Bonchev–Trinajstić information content (AvgIpc) is 2.61. The summed E-state index contributed by atoms with van der Waals surface area (Å²) in [5, 5.41) is -0.594. The van der Waals surface area contributed by atoms with E-state index in [2.05, 4.69) is 0 Å². The first-order valence-corrected chi connectivity index (χ1v) is 5.69. The Morgan fingerprint density at radius 2 is 2.00 bits per heavy atom. The van der Waals surface area contributed by atoms with Crippen molar-refractivity contribution in [2.75, 3.05) is 0 Å². The van der Waals surface area contributed by atoms with Crippen molar-refractivity contribution in [1.29, 1.82) is 0 Å². The van der Waals surface area contributed by atoms with Gasteiger partial charge in [0.15, 0.2) is 0 Å². The Morgan fingerprint density at radius 3 is 2.27 bits per heavy atom. The topological polar surface area (TPSA) is 57.5 Å². The lowest BCUT2D eigenvalue weighted by molar-refractivity contribution is 0.348. The third-order valence-electron chi connectivity index (χ3n) is 2.44. The minimum Gasteiger partial charge on any atom is -0.324 e. The third-order valence-corrected chi connectivity index (χ3v) is 4.35. The van der Waals surface area contributed by atoms with Gasteiger partial charge in [-0.15, -0.1) is 0 Å². The molecule has 0 aromatic rings. The van der Waals surface area contributed by atoms with Crippen LogP contribution in [0.3, 0.4) is 0 Å². The first-order valence-electron chi connectivity index (χ1n) is 4.07. The first kappa shape index (κ1) is 9.24. The van der Waals surface area contributed by atoms with Crippen LogP contribution in [0, 0.1) is 0 Å². The molecule has 0 aromatic heterocycles. The SMILES string of the molecule is CCCCC1(P(=O)(O)O)CC1. The normalized spacial score (nSPS) is 21.7. The van der Waals surface area contributed by atoms with Crippen molar-refractivity contribution in [3.05, 3.63) is 0 Å². The molecule has 1 rings (SSSR count). The lowest BCUT2D eigenvalue weighted by atomic mass is 10.2. The van der Waals surface area contributed by atoms with Crippen LogP contribution in [-0.2, 0) is 4.57 Å². The molecule has 0 bridgehead atoms. The zero-order chi connectivity index (χ0) is 8.54. The molecule has 0 saturated heterocycles. The van der Waals surface area contributed by atoms with Crippen LogP contribution in [0.5, 0.6) is 0 Å². The second-order valence-corrected chi connectivity index (χ2v) is 5.41. The molecule has 1 aliphatic carbocycles. The molecule has 0 aliphatic heterocycles. The van der Waals surface area contributed by atoms with Gasteiger partial charge >= 0.3 is 7.60 Å². The van der Waals surface area contributed by atoms with Gasteiger partial charge in [-0.3, -0.25) is 4.57 Å². The van der Waals surface area contributed by atoms with Crippen molar-refractivity contribution in [2.24, 2.45) is 0 Å². The second kappa shape index (κ2) is 2.89. The Morgan fingerprint density at radius 1 is 1.45 bits per heavy atom. The van der Waals surface area contributed by atoms with Crippen LogP contribution >= 0.6 is 7.60 Å². The van der Waals surface area contributed by atoms with Crippen LogP contribution in [0.2, 0.25) is 0 Å². The van der Waals surface area contributed by atoms with E-state index in [-0.39, 0.29) is 0 Å². The molecule has 1 saturated carbocycles. The molecule has 0 atom stereocenters. The summed E-state index contributed by atoms with van der Waals surface area (Å²) in [5.41, 5.74) is 0. The highest BCUT2D eigenvalue weighted by molar-refractivity contribution is 7.54. The van der Waals surface area contributed by atoms with E-state index in [1.54, 1.807) is 0 Å². The van der Waals surface area contributed by atoms with Crippen molar-refractivity contribution < 1.29 is 14.4 Å². The predicted octanol–water partition coefficient (Wildman–Crippen LogP) is 1.89. The molecular weight excluding hydrogens is 163 g/mol. The van der Waals surface area contributed by atoms with Gasteiger partial charge in [-0.05, 0) is 19.3 Å². The van der Waals surface area contributed by atoms with Gasteiger partial charge in [0, 0.05) is 0 Å². The van der Waals surface area contributed by atoms with Crippen LogP contribution in [0.15, 0.2) is 0 Å². The summed E-state index contributed by atoms with van der Waals surface area (Å²) >= 11 is 0. The van der Waals surface area contributed by atoms with Gasteiger partial charge < -0.3 is 9.79 Å². The number of hydrogen-bond acceptors (Lipinski definition) is 1. The average molecular weight is 178 g/mol. The van der Waals surface area contributed by atoms with E-state index < -0.39 is 12.8 Å². The van der Waals surface area contributed by atoms with Crippen molar-refractivity contribution >= 4 is 7.60 Å². The van der Waals surface area contributed by atoms with Gasteiger partial charge in [-0.2, -0.15) is 0 Å². The Kier molecular flexibility index (Phi) is 2.43. The monoisotopic (exact) mass is 178 g/mol. The largest absolute Gasteiger partial charge is 0.331 e. The molecule has 0 spiro atoms. The van der Waals surface area contributed by atoms with Crippen LogP contribution in [0.4, 0.5) is 0 Å². The standard InChI is InChI=1S/C7H15O3P/c1-2-3-4-7(5-6-7)11(8,9)10/h2-6H2,1H3,(H2,8,9,10). The fourth-order valence-corrected chi connectivity index (χ4v) is 2.48. The molecule has 11 heavy (non-hydrogen) atoms. The van der Waals surface area contributed by atoms with Crippen LogP contribution in [-0.4, -0.2) is 14.9 Å². The van der Waals surface area contributed by atoms with E-state index in [4.69, 9.17) is 9.79 Å². The Labute approximate surface area is 67.0 Å². The Hall–Kier alpha value is 0.150. The molecule has 1 aliphatic rings. The molecular formula is C7H15O3P. The zero-order valence-electron chi connectivity index (χ0n) is 6.79. The van der Waals surface area contributed by atoms with Crippen LogP contribution in [0.25, 0.3) is 0 Å². The molecule has 0 radical (unpaired) electrons. The summed E-state index contributed by atoms with van der Waals surface area (Å²) in [6.45, 7) is 2.04. The Bertz CT molecular complexity index is 180. The molecule has 0 aromatic carbocycles. The number of rotatable bonds is 4. The van der Waals surface area contributed by atoms with Crippen molar-refractivity contribution in [3.8, 4) is 0 Å². The smallest absolute Gasteiger partial charge is 0.324 e. The number of hydrogen-bond donors (Lipinski definition) is 2. The Balaban J connectivity index is 2.48. The summed E-state index contributed by atoms with van der Waals surface area (Å²) in [7, 11) is -3.79. The van der Waals surface area contributed by atoms with E-state index in [0.29, 0.717) is 6.42 Å². The maximum Gasteiger partial charge on any atom is 0.331 e. The minimum absolute atomic E-state index is 0.594.